The summed E-state index contributed by atoms with van der Waals surface area (Å²) in [5.41, 5.74) is 0.449. The van der Waals surface area contributed by atoms with E-state index in [4.69, 9.17) is 4.74 Å². The maximum atomic E-state index is 14.9. The van der Waals surface area contributed by atoms with E-state index in [1.807, 2.05) is 0 Å². The van der Waals surface area contributed by atoms with Crippen LogP contribution in [0.2, 0.25) is 0 Å². The van der Waals surface area contributed by atoms with Crippen LogP contribution in [0.1, 0.15) is 26.3 Å². The molecule has 2 aromatic rings. The van der Waals surface area contributed by atoms with E-state index in [-0.39, 0.29) is 13.2 Å². The molecule has 3 rings (SSSR count). The number of carbonyl (C=O) groups excluding carboxylic acids is 2. The minimum Gasteiger partial charge on any atom is -0.374 e. The molecule has 3 nitrogen and oxygen atoms in total. The van der Waals surface area contributed by atoms with Gasteiger partial charge in [0.05, 0.1) is 13.2 Å². The Kier molecular flexibility index (Phi) is 3.93. The molecule has 112 valence electrons. The second-order valence-corrected chi connectivity index (χ2v) is 6.02. The zero-order valence-electron chi connectivity index (χ0n) is 11.5. The predicted molar refractivity (Wildman–Crippen MR) is 84.0 cm³/mol. The van der Waals surface area contributed by atoms with Gasteiger partial charge in [-0.3, -0.25) is 9.59 Å². The Morgan fingerprint density at radius 2 is 1.59 bits per heavy atom. The zero-order chi connectivity index (χ0) is 15.7. The summed E-state index contributed by atoms with van der Waals surface area (Å²) in [5, 5.41) is 0. The monoisotopic (exact) mass is 362 g/mol. The van der Waals surface area contributed by atoms with Crippen LogP contribution in [0.3, 0.4) is 0 Å². The van der Waals surface area contributed by atoms with Gasteiger partial charge in [0.25, 0.3) is 0 Å². The van der Waals surface area contributed by atoms with Crippen molar-refractivity contribution in [3.8, 4) is 11.1 Å². The molecule has 0 aliphatic carbocycles. The van der Waals surface area contributed by atoms with Crippen LogP contribution >= 0.6 is 15.9 Å². The molecule has 0 unspecified atom stereocenters. The molecule has 0 atom stereocenters. The number of hydrogen-bond donors (Lipinski definition) is 0. The third-order valence-electron chi connectivity index (χ3n) is 3.79. The fraction of sp³-hybridized carbons (Fsp3) is 0.176. The van der Waals surface area contributed by atoms with Crippen molar-refractivity contribution < 1.29 is 18.7 Å². The Bertz CT molecular complexity index is 754. The molecule has 0 saturated carbocycles. The van der Waals surface area contributed by atoms with Gasteiger partial charge in [0.2, 0.25) is 0 Å². The Balaban J connectivity index is 2.35. The molecular formula is C17H12BrFO3. The van der Waals surface area contributed by atoms with Crippen LogP contribution in [0.5, 0.6) is 0 Å². The van der Waals surface area contributed by atoms with Gasteiger partial charge in [0, 0.05) is 32.3 Å². The summed E-state index contributed by atoms with van der Waals surface area (Å²) < 4.78 is 20.6. The second kappa shape index (κ2) is 5.74. The number of benzene rings is 2. The zero-order valence-corrected chi connectivity index (χ0v) is 13.1. The average Bonchev–Trinajstić information content (AvgIpc) is 2.51. The number of halogens is 2. The van der Waals surface area contributed by atoms with Crippen molar-refractivity contribution >= 4 is 28.5 Å². The lowest BCUT2D eigenvalue weighted by molar-refractivity contribution is -0.135. The lowest BCUT2D eigenvalue weighted by Gasteiger charge is -2.36. The average molecular weight is 363 g/mol. The topological polar surface area (TPSA) is 43.4 Å². The van der Waals surface area contributed by atoms with Crippen molar-refractivity contribution in [2.24, 2.45) is 0 Å². The summed E-state index contributed by atoms with van der Waals surface area (Å²) in [6.45, 7) is -0.105. The lowest BCUT2D eigenvalue weighted by atomic mass is 9.83. The Morgan fingerprint density at radius 3 is 2.14 bits per heavy atom. The summed E-state index contributed by atoms with van der Waals surface area (Å²) in [5.74, 6) is 0. The molecule has 1 aliphatic heterocycles. The second-order valence-electron chi connectivity index (χ2n) is 5.17. The Morgan fingerprint density at radius 1 is 1.00 bits per heavy atom. The first-order chi connectivity index (χ1) is 10.6. The van der Waals surface area contributed by atoms with Crippen LogP contribution in [0, 0.1) is 0 Å². The first kappa shape index (κ1) is 15.1. The van der Waals surface area contributed by atoms with E-state index in [0.717, 1.165) is 0 Å². The van der Waals surface area contributed by atoms with Crippen LogP contribution in [0.15, 0.2) is 40.9 Å². The number of aldehydes is 2. The number of alkyl halides is 1. The predicted octanol–water partition coefficient (Wildman–Crippen LogP) is 3.94. The minimum atomic E-state index is -1.64. The Labute approximate surface area is 135 Å². The number of ether oxygens (including phenoxy) is 1. The molecule has 5 heteroatoms. The number of rotatable bonds is 4. The van der Waals surface area contributed by atoms with Gasteiger partial charge in [-0.25, -0.2) is 4.39 Å². The highest BCUT2D eigenvalue weighted by atomic mass is 79.9. The van der Waals surface area contributed by atoms with Gasteiger partial charge in [-0.05, 0) is 6.07 Å². The van der Waals surface area contributed by atoms with Gasteiger partial charge < -0.3 is 4.74 Å². The van der Waals surface area contributed by atoms with Gasteiger partial charge >= 0.3 is 0 Å². The van der Waals surface area contributed by atoms with E-state index in [2.05, 4.69) is 15.9 Å². The van der Waals surface area contributed by atoms with E-state index >= 15 is 0 Å². The fourth-order valence-corrected chi connectivity index (χ4v) is 3.24. The molecule has 1 heterocycles. The van der Waals surface area contributed by atoms with E-state index in [1.165, 1.54) is 0 Å². The van der Waals surface area contributed by atoms with Crippen LogP contribution < -0.4 is 0 Å². The normalized spacial score (nSPS) is 15.9. The molecule has 1 saturated heterocycles. The van der Waals surface area contributed by atoms with Crippen LogP contribution in [-0.4, -0.2) is 25.8 Å². The van der Waals surface area contributed by atoms with E-state index in [1.54, 1.807) is 36.4 Å². The molecule has 1 aliphatic rings. The third-order valence-corrected chi connectivity index (χ3v) is 4.45. The van der Waals surface area contributed by atoms with Crippen LogP contribution in [0.25, 0.3) is 11.1 Å². The summed E-state index contributed by atoms with van der Waals surface area (Å²) in [4.78, 5) is 22.8. The van der Waals surface area contributed by atoms with Crippen molar-refractivity contribution in [1.29, 1.82) is 0 Å². The summed E-state index contributed by atoms with van der Waals surface area (Å²) in [7, 11) is 0. The first-order valence-corrected chi connectivity index (χ1v) is 7.49. The van der Waals surface area contributed by atoms with Crippen LogP contribution in [-0.2, 0) is 10.4 Å². The molecule has 0 amide bonds. The van der Waals surface area contributed by atoms with E-state index in [0.29, 0.717) is 44.9 Å². The minimum absolute atomic E-state index is 0.0524. The molecule has 22 heavy (non-hydrogen) atoms. The molecule has 0 bridgehead atoms. The quantitative estimate of drug-likeness (QED) is 0.773. The number of carbonyl (C=O) groups is 2. The van der Waals surface area contributed by atoms with Gasteiger partial charge in [-0.2, -0.15) is 0 Å². The maximum absolute atomic E-state index is 14.9. The van der Waals surface area contributed by atoms with Gasteiger partial charge in [0.15, 0.2) is 18.2 Å². The fourth-order valence-electron chi connectivity index (χ4n) is 2.66. The smallest absolute Gasteiger partial charge is 0.182 e. The van der Waals surface area contributed by atoms with Crippen molar-refractivity contribution in [2.45, 2.75) is 5.67 Å². The first-order valence-electron chi connectivity index (χ1n) is 6.70. The van der Waals surface area contributed by atoms with Crippen molar-refractivity contribution in [3.63, 3.8) is 0 Å². The highest BCUT2D eigenvalue weighted by Crippen LogP contribution is 2.43. The summed E-state index contributed by atoms with van der Waals surface area (Å²) >= 11 is 3.40. The van der Waals surface area contributed by atoms with Gasteiger partial charge in [-0.1, -0.05) is 46.3 Å². The highest BCUT2D eigenvalue weighted by Gasteiger charge is 2.43. The molecular weight excluding hydrogens is 351 g/mol. The molecule has 2 aromatic carbocycles. The molecule has 0 aromatic heterocycles. The molecule has 0 N–H and O–H groups in total. The van der Waals surface area contributed by atoms with Crippen LogP contribution in [0.4, 0.5) is 4.39 Å². The van der Waals surface area contributed by atoms with E-state index < -0.39 is 5.67 Å². The van der Waals surface area contributed by atoms with E-state index in [9.17, 15) is 14.0 Å². The van der Waals surface area contributed by atoms with Gasteiger partial charge in [-0.15, -0.1) is 0 Å². The molecule has 0 spiro atoms. The number of hydrogen-bond acceptors (Lipinski definition) is 3. The van der Waals surface area contributed by atoms with Crippen molar-refractivity contribution in [3.05, 3.63) is 57.6 Å². The third kappa shape index (κ3) is 2.30. The SMILES string of the molecule is O=Cc1cccc(Br)c1-c1c(C=O)cccc1C1(F)COC1. The lowest BCUT2D eigenvalue weighted by Crippen LogP contribution is -2.43. The van der Waals surface area contributed by atoms with Gasteiger partial charge in [0.1, 0.15) is 0 Å². The largest absolute Gasteiger partial charge is 0.374 e. The summed E-state index contributed by atoms with van der Waals surface area (Å²) in [6.07, 6.45) is 1.38. The molecule has 1 fully saturated rings. The standard InChI is InChI=1S/C17H12BrFO3/c18-14-6-2-4-12(8-21)16(14)15-11(7-20)3-1-5-13(15)17(19)9-22-10-17/h1-8H,9-10H2. The summed E-state index contributed by atoms with van der Waals surface area (Å²) in [6, 6.07) is 10.0. The van der Waals surface area contributed by atoms with Crippen molar-refractivity contribution in [1.82, 2.24) is 0 Å². The maximum Gasteiger partial charge on any atom is 0.182 e. The molecule has 0 radical (unpaired) electrons. The Hall–Kier alpha value is -1.85. The highest BCUT2D eigenvalue weighted by molar-refractivity contribution is 9.10. The van der Waals surface area contributed by atoms with Crippen molar-refractivity contribution in [2.75, 3.05) is 13.2 Å².